The fourth-order valence-corrected chi connectivity index (χ4v) is 2.80. The van der Waals surface area contributed by atoms with Gasteiger partial charge in [-0.1, -0.05) is 19.1 Å². The van der Waals surface area contributed by atoms with Crippen molar-refractivity contribution in [3.05, 3.63) is 53.2 Å². The third-order valence-electron chi connectivity index (χ3n) is 4.85. The number of halogens is 3. The Morgan fingerprint density at radius 1 is 1.20 bits per heavy atom. The minimum atomic E-state index is -4.35. The summed E-state index contributed by atoms with van der Waals surface area (Å²) in [5.74, 6) is 0.0876. The summed E-state index contributed by atoms with van der Waals surface area (Å²) in [5.41, 5.74) is 0.304. The number of oxazole rings is 1. The van der Waals surface area contributed by atoms with Crippen molar-refractivity contribution in [2.24, 2.45) is 0 Å². The van der Waals surface area contributed by atoms with Gasteiger partial charge in [0.2, 0.25) is 5.89 Å². The molecule has 0 aliphatic carbocycles. The molecule has 1 N–H and O–H groups in total. The number of carbonyl (C=O) groups is 1. The van der Waals surface area contributed by atoms with E-state index in [4.69, 9.17) is 4.42 Å². The molecule has 0 spiro atoms. The van der Waals surface area contributed by atoms with Gasteiger partial charge in [-0.25, -0.2) is 4.98 Å². The molecule has 1 unspecified atom stereocenters. The molecule has 0 saturated carbocycles. The molecule has 1 heterocycles. The number of hydrogen-bond donors (Lipinski definition) is 1. The summed E-state index contributed by atoms with van der Waals surface area (Å²) in [6.45, 7) is 6.07. The molecule has 9 heteroatoms. The Kier molecular flexibility index (Phi) is 8.43. The number of carbonyl (C=O) groups excluding carboxylic acids is 1. The second-order valence-corrected chi connectivity index (χ2v) is 7.54. The molecule has 6 nitrogen and oxygen atoms in total. The zero-order valence-electron chi connectivity index (χ0n) is 17.8. The predicted octanol–water partition coefficient (Wildman–Crippen LogP) is 3.79. The van der Waals surface area contributed by atoms with Crippen LogP contribution >= 0.6 is 0 Å². The average molecular weight is 426 g/mol. The molecule has 2 rings (SSSR count). The van der Waals surface area contributed by atoms with Crippen LogP contribution in [0.15, 0.2) is 34.9 Å². The Morgan fingerprint density at radius 2 is 1.87 bits per heavy atom. The number of benzene rings is 1. The largest absolute Gasteiger partial charge is 0.447 e. The highest BCUT2D eigenvalue weighted by atomic mass is 19.4. The first-order chi connectivity index (χ1) is 14.1. The van der Waals surface area contributed by atoms with Gasteiger partial charge in [-0.15, -0.1) is 0 Å². The number of rotatable bonds is 10. The summed E-state index contributed by atoms with van der Waals surface area (Å²) < 4.78 is 43.8. The number of hydrogen-bond acceptors (Lipinski definition) is 5. The van der Waals surface area contributed by atoms with Crippen molar-refractivity contribution in [2.75, 3.05) is 27.2 Å². The molecular weight excluding hydrogens is 397 g/mol. The number of nitrogens with one attached hydrogen (secondary N) is 1. The molecule has 1 atom stereocenters. The molecule has 30 heavy (non-hydrogen) atoms. The maximum atomic E-state index is 12.8. The van der Waals surface area contributed by atoms with Gasteiger partial charge in [0, 0.05) is 25.7 Å². The summed E-state index contributed by atoms with van der Waals surface area (Å²) in [4.78, 5) is 20.4. The van der Waals surface area contributed by atoms with Gasteiger partial charge in [0.25, 0.3) is 5.91 Å². The van der Waals surface area contributed by atoms with Crippen LogP contribution in [-0.2, 0) is 19.3 Å². The minimum Gasteiger partial charge on any atom is -0.447 e. The van der Waals surface area contributed by atoms with Gasteiger partial charge in [-0.2, -0.15) is 13.2 Å². The summed E-state index contributed by atoms with van der Waals surface area (Å²) in [7, 11) is 3.83. The highest BCUT2D eigenvalue weighted by molar-refractivity contribution is 5.91. The third-order valence-corrected chi connectivity index (χ3v) is 4.85. The first kappa shape index (κ1) is 23.9. The number of likely N-dealkylation sites (N-methyl/N-ethyl adjacent to an activating group) is 1. The third kappa shape index (κ3) is 7.14. The Balaban J connectivity index is 2.03. The van der Waals surface area contributed by atoms with E-state index in [9.17, 15) is 18.0 Å². The lowest BCUT2D eigenvalue weighted by molar-refractivity contribution is -0.137. The molecule has 0 aliphatic rings. The Morgan fingerprint density at radius 3 is 2.43 bits per heavy atom. The molecule has 1 aromatic heterocycles. The van der Waals surface area contributed by atoms with Gasteiger partial charge in [0.05, 0.1) is 12.1 Å². The van der Waals surface area contributed by atoms with Crippen LogP contribution < -0.4 is 5.32 Å². The van der Waals surface area contributed by atoms with Gasteiger partial charge < -0.3 is 14.6 Å². The molecule has 0 bridgehead atoms. The van der Waals surface area contributed by atoms with Crippen LogP contribution in [-0.4, -0.2) is 53.9 Å². The number of nitrogens with zero attached hydrogens (tertiary/aromatic N) is 3. The van der Waals surface area contributed by atoms with E-state index >= 15 is 0 Å². The normalized spacial score (nSPS) is 13.1. The smallest absolute Gasteiger partial charge is 0.416 e. The van der Waals surface area contributed by atoms with Gasteiger partial charge in [-0.3, -0.25) is 9.69 Å². The first-order valence-corrected chi connectivity index (χ1v) is 9.87. The standard InChI is InChI=1S/C21H29F3N4O2/c1-5-15(2)28(12-16-6-8-17(9-7-16)21(22,23)24)13-19-26-18(14-30-19)20(29)25-10-11-27(3)4/h6-9,14-15H,5,10-13H2,1-4H3,(H,25,29). The van der Waals surface area contributed by atoms with Gasteiger partial charge in [0.1, 0.15) is 6.26 Å². The highest BCUT2D eigenvalue weighted by Crippen LogP contribution is 2.29. The summed E-state index contributed by atoms with van der Waals surface area (Å²) in [6, 6.07) is 5.29. The molecule has 1 aromatic carbocycles. The molecule has 2 aromatic rings. The number of alkyl halides is 3. The lowest BCUT2D eigenvalue weighted by Crippen LogP contribution is -2.32. The Hall–Kier alpha value is -2.39. The fourth-order valence-electron chi connectivity index (χ4n) is 2.80. The van der Waals surface area contributed by atoms with Crippen molar-refractivity contribution in [1.82, 2.24) is 20.1 Å². The molecule has 0 saturated heterocycles. The van der Waals surface area contributed by atoms with Crippen LogP contribution in [0.1, 0.15) is 47.8 Å². The summed E-state index contributed by atoms with van der Waals surface area (Å²) >= 11 is 0. The van der Waals surface area contributed by atoms with E-state index in [2.05, 4.69) is 15.2 Å². The zero-order valence-corrected chi connectivity index (χ0v) is 17.8. The van der Waals surface area contributed by atoms with Crippen LogP contribution in [0, 0.1) is 0 Å². The van der Waals surface area contributed by atoms with E-state index in [1.165, 1.54) is 18.4 Å². The quantitative estimate of drug-likeness (QED) is 0.627. The van der Waals surface area contributed by atoms with Crippen molar-refractivity contribution >= 4 is 5.91 Å². The molecular formula is C21H29F3N4O2. The van der Waals surface area contributed by atoms with Crippen LogP contribution in [0.5, 0.6) is 0 Å². The van der Waals surface area contributed by atoms with Crippen LogP contribution in [0.2, 0.25) is 0 Å². The first-order valence-electron chi connectivity index (χ1n) is 9.87. The number of aromatic nitrogens is 1. The van der Waals surface area contributed by atoms with Crippen molar-refractivity contribution in [3.63, 3.8) is 0 Å². The topological polar surface area (TPSA) is 61.6 Å². The van der Waals surface area contributed by atoms with Gasteiger partial charge in [0.15, 0.2) is 5.69 Å². The molecule has 0 aliphatic heterocycles. The van der Waals surface area contributed by atoms with Gasteiger partial charge >= 0.3 is 6.18 Å². The highest BCUT2D eigenvalue weighted by Gasteiger charge is 2.30. The minimum absolute atomic E-state index is 0.150. The van der Waals surface area contributed by atoms with E-state index < -0.39 is 11.7 Å². The van der Waals surface area contributed by atoms with Crippen LogP contribution in [0.3, 0.4) is 0 Å². The number of amides is 1. The lowest BCUT2D eigenvalue weighted by atomic mass is 10.1. The molecule has 1 amide bonds. The van der Waals surface area contributed by atoms with Crippen LogP contribution in [0.4, 0.5) is 13.2 Å². The second-order valence-electron chi connectivity index (χ2n) is 7.54. The van der Waals surface area contributed by atoms with E-state index in [-0.39, 0.29) is 17.6 Å². The Labute approximate surface area is 175 Å². The predicted molar refractivity (Wildman–Crippen MR) is 108 cm³/mol. The summed E-state index contributed by atoms with van der Waals surface area (Å²) in [5, 5.41) is 2.78. The SMILES string of the molecule is CCC(C)N(Cc1ccc(C(F)(F)F)cc1)Cc1nc(C(=O)NCCN(C)C)co1. The van der Waals surface area contributed by atoms with E-state index in [0.717, 1.165) is 24.1 Å². The zero-order chi connectivity index (χ0) is 22.3. The Bertz CT molecular complexity index is 803. The maximum Gasteiger partial charge on any atom is 0.416 e. The average Bonchev–Trinajstić information content (AvgIpc) is 3.15. The van der Waals surface area contributed by atoms with Crippen LogP contribution in [0.25, 0.3) is 0 Å². The molecule has 0 fully saturated rings. The van der Waals surface area contributed by atoms with Crippen molar-refractivity contribution in [1.29, 1.82) is 0 Å². The van der Waals surface area contributed by atoms with Crippen molar-refractivity contribution < 1.29 is 22.4 Å². The van der Waals surface area contributed by atoms with E-state index in [1.54, 1.807) is 0 Å². The summed E-state index contributed by atoms with van der Waals surface area (Å²) in [6.07, 6.45) is -2.18. The van der Waals surface area contributed by atoms with E-state index in [0.29, 0.717) is 32.1 Å². The fraction of sp³-hybridized carbons (Fsp3) is 0.524. The van der Waals surface area contributed by atoms with Gasteiger partial charge in [-0.05, 0) is 45.1 Å². The van der Waals surface area contributed by atoms with Crippen molar-refractivity contribution in [3.8, 4) is 0 Å². The second kappa shape index (κ2) is 10.6. The van der Waals surface area contributed by atoms with E-state index in [1.807, 2.05) is 32.8 Å². The molecule has 166 valence electrons. The monoisotopic (exact) mass is 426 g/mol. The molecule has 0 radical (unpaired) electrons. The van der Waals surface area contributed by atoms with Crippen molar-refractivity contribution in [2.45, 2.75) is 45.6 Å². The maximum absolute atomic E-state index is 12.8. The lowest BCUT2D eigenvalue weighted by Gasteiger charge is -2.27.